The number of amides is 1. The molecule has 1 aromatic heterocycles. The highest BCUT2D eigenvalue weighted by Gasteiger charge is 2.25. The second-order valence-electron chi connectivity index (χ2n) is 11.5. The number of carbonyl (C=O) groups excluding carboxylic acids is 1. The van der Waals surface area contributed by atoms with Crippen molar-refractivity contribution in [1.29, 1.82) is 0 Å². The lowest BCUT2D eigenvalue weighted by atomic mass is 9.84. The fourth-order valence-electron chi connectivity index (χ4n) is 5.06. The monoisotopic (exact) mass is 514 g/mol. The number of carbonyl (C=O) groups is 2. The molecule has 0 spiro atoms. The van der Waals surface area contributed by atoms with Crippen LogP contribution >= 0.6 is 0 Å². The van der Waals surface area contributed by atoms with Gasteiger partial charge < -0.3 is 15.2 Å². The Morgan fingerprint density at radius 2 is 1.71 bits per heavy atom. The summed E-state index contributed by atoms with van der Waals surface area (Å²) < 4.78 is 6.21. The second-order valence-corrected chi connectivity index (χ2v) is 11.5. The Morgan fingerprint density at radius 3 is 2.32 bits per heavy atom. The summed E-state index contributed by atoms with van der Waals surface area (Å²) >= 11 is 0. The predicted octanol–water partition coefficient (Wildman–Crippen LogP) is 7.52. The summed E-state index contributed by atoms with van der Waals surface area (Å²) in [4.78, 5) is 29.6. The Hall–Kier alpha value is -3.67. The van der Waals surface area contributed by atoms with Gasteiger partial charge in [0.1, 0.15) is 23.2 Å². The number of hydrogen-bond acceptors (Lipinski definition) is 4. The van der Waals surface area contributed by atoms with Crippen molar-refractivity contribution in [3.8, 4) is 11.5 Å². The molecule has 6 heteroatoms. The van der Waals surface area contributed by atoms with Crippen molar-refractivity contribution in [2.75, 3.05) is 0 Å². The van der Waals surface area contributed by atoms with Crippen LogP contribution in [0.25, 0.3) is 10.8 Å². The van der Waals surface area contributed by atoms with E-state index in [2.05, 4.69) is 44.8 Å². The van der Waals surface area contributed by atoms with Crippen LogP contribution in [0.4, 0.5) is 0 Å². The van der Waals surface area contributed by atoms with Crippen molar-refractivity contribution in [1.82, 2.24) is 10.3 Å². The summed E-state index contributed by atoms with van der Waals surface area (Å²) in [7, 11) is 0. The number of aromatic nitrogens is 1. The van der Waals surface area contributed by atoms with E-state index >= 15 is 0 Å². The van der Waals surface area contributed by atoms with E-state index in [1.165, 1.54) is 12.0 Å². The summed E-state index contributed by atoms with van der Waals surface area (Å²) in [6, 6.07) is 14.7. The van der Waals surface area contributed by atoms with Gasteiger partial charge in [0, 0.05) is 11.3 Å². The zero-order chi connectivity index (χ0) is 27.4. The minimum atomic E-state index is -1.09. The number of benzene rings is 2. The fraction of sp³-hybridized carbons (Fsp3) is 0.406. The summed E-state index contributed by atoms with van der Waals surface area (Å²) in [5, 5.41) is 14.0. The lowest BCUT2D eigenvalue weighted by Gasteiger charge is -2.23. The number of fused-ring (bicyclic) bond motifs is 1. The predicted molar refractivity (Wildman–Crippen MR) is 151 cm³/mol. The minimum absolute atomic E-state index is 0.0705. The van der Waals surface area contributed by atoms with Gasteiger partial charge in [0.05, 0.1) is 5.69 Å². The van der Waals surface area contributed by atoms with Gasteiger partial charge in [0.25, 0.3) is 5.91 Å². The van der Waals surface area contributed by atoms with Gasteiger partial charge in [0.2, 0.25) is 0 Å². The molecular weight excluding hydrogens is 476 g/mol. The zero-order valence-electron chi connectivity index (χ0n) is 22.8. The van der Waals surface area contributed by atoms with Gasteiger partial charge in [-0.1, -0.05) is 63.8 Å². The van der Waals surface area contributed by atoms with Gasteiger partial charge in [-0.05, 0) is 72.9 Å². The maximum atomic E-state index is 13.1. The Bertz CT molecular complexity index is 1330. The Kier molecular flexibility index (Phi) is 8.20. The minimum Gasteiger partial charge on any atom is -0.480 e. The molecule has 0 saturated heterocycles. The van der Waals surface area contributed by atoms with E-state index in [0.29, 0.717) is 11.3 Å². The van der Waals surface area contributed by atoms with Crippen molar-refractivity contribution in [2.45, 2.75) is 83.6 Å². The van der Waals surface area contributed by atoms with Gasteiger partial charge in [0.15, 0.2) is 0 Å². The fourth-order valence-corrected chi connectivity index (χ4v) is 5.06. The summed E-state index contributed by atoms with van der Waals surface area (Å²) in [5.41, 5.74) is 3.12. The molecule has 2 aromatic carbocycles. The van der Waals surface area contributed by atoms with Crippen molar-refractivity contribution < 1.29 is 19.4 Å². The molecule has 1 heterocycles. The molecule has 6 nitrogen and oxygen atoms in total. The Balaban J connectivity index is 1.67. The maximum absolute atomic E-state index is 13.1. The van der Waals surface area contributed by atoms with Crippen molar-refractivity contribution in [3.05, 3.63) is 77.6 Å². The number of aliphatic carboxylic acids is 1. The highest BCUT2D eigenvalue weighted by Crippen LogP contribution is 2.37. The number of rotatable bonds is 8. The first-order valence-corrected chi connectivity index (χ1v) is 13.4. The smallest absolute Gasteiger partial charge is 0.326 e. The van der Waals surface area contributed by atoms with Gasteiger partial charge >= 0.3 is 5.97 Å². The van der Waals surface area contributed by atoms with Crippen LogP contribution < -0.4 is 10.1 Å². The highest BCUT2D eigenvalue weighted by atomic mass is 16.5. The molecule has 0 bridgehead atoms. The average Bonchev–Trinajstić information content (AvgIpc) is 2.87. The van der Waals surface area contributed by atoms with E-state index in [1.807, 2.05) is 30.3 Å². The third-order valence-corrected chi connectivity index (χ3v) is 7.17. The van der Waals surface area contributed by atoms with Crippen LogP contribution in [-0.2, 0) is 10.2 Å². The van der Waals surface area contributed by atoms with Crippen LogP contribution in [0.15, 0.2) is 60.7 Å². The summed E-state index contributed by atoms with van der Waals surface area (Å²) in [6.07, 6.45) is 5.65. The van der Waals surface area contributed by atoms with Crippen molar-refractivity contribution >= 4 is 22.6 Å². The molecule has 4 rings (SSSR count). The van der Waals surface area contributed by atoms with E-state index in [9.17, 15) is 14.7 Å². The second kappa shape index (κ2) is 11.4. The molecule has 1 amide bonds. The normalized spacial score (nSPS) is 15.2. The first-order valence-electron chi connectivity index (χ1n) is 13.4. The van der Waals surface area contributed by atoms with Crippen LogP contribution in [0.2, 0.25) is 0 Å². The molecule has 0 unspecified atom stereocenters. The van der Waals surface area contributed by atoms with Crippen LogP contribution in [0.1, 0.15) is 93.9 Å². The van der Waals surface area contributed by atoms with E-state index in [1.54, 1.807) is 13.0 Å². The van der Waals surface area contributed by atoms with Crippen molar-refractivity contribution in [3.63, 3.8) is 0 Å². The summed E-state index contributed by atoms with van der Waals surface area (Å²) in [5.74, 6) is 0.136. The molecule has 200 valence electrons. The maximum Gasteiger partial charge on any atom is 0.326 e. The largest absolute Gasteiger partial charge is 0.480 e. The van der Waals surface area contributed by atoms with Crippen LogP contribution in [0, 0.1) is 0 Å². The number of nitrogens with zero attached hydrogens (tertiary/aromatic N) is 1. The molecule has 1 atom stereocenters. The van der Waals surface area contributed by atoms with E-state index in [-0.39, 0.29) is 23.4 Å². The van der Waals surface area contributed by atoms with Gasteiger partial charge in [-0.15, -0.1) is 6.58 Å². The van der Waals surface area contributed by atoms with Crippen LogP contribution in [-0.4, -0.2) is 28.0 Å². The Labute approximate surface area is 225 Å². The standard InChI is InChI=1S/C32H38N2O4/c1-20(2)17-28(31(36)37)34-30(35)27-18-22-11-14-25(38-24-15-12-23(13-16-24)32(3,4)5)19-26(22)29(33-27)21-9-7-6-8-10-21/h11-16,18-19,21,28H,1,6-10,17H2,2-5H3,(H,34,35)(H,36,37)/t28-/m0/s1. The molecule has 0 aliphatic heterocycles. The first-order chi connectivity index (χ1) is 18.0. The van der Waals surface area contributed by atoms with Gasteiger partial charge in [-0.3, -0.25) is 4.79 Å². The molecule has 2 N–H and O–H groups in total. The first kappa shape index (κ1) is 27.4. The lowest BCUT2D eigenvalue weighted by Crippen LogP contribution is -2.41. The molecule has 38 heavy (non-hydrogen) atoms. The molecule has 0 radical (unpaired) electrons. The molecular formula is C32H38N2O4. The van der Waals surface area contributed by atoms with Gasteiger partial charge in [-0.2, -0.15) is 0 Å². The van der Waals surface area contributed by atoms with Crippen LogP contribution in [0.5, 0.6) is 11.5 Å². The number of hydrogen-bond donors (Lipinski definition) is 2. The quantitative estimate of drug-likeness (QED) is 0.304. The van der Waals surface area contributed by atoms with E-state index < -0.39 is 17.9 Å². The molecule has 3 aromatic rings. The topological polar surface area (TPSA) is 88.5 Å². The number of carboxylic acids is 1. The molecule has 1 fully saturated rings. The summed E-state index contributed by atoms with van der Waals surface area (Å²) in [6.45, 7) is 12.1. The average molecular weight is 515 g/mol. The van der Waals surface area contributed by atoms with Crippen LogP contribution in [0.3, 0.4) is 0 Å². The third-order valence-electron chi connectivity index (χ3n) is 7.17. The number of nitrogens with one attached hydrogen (secondary N) is 1. The number of carboxylic acid groups (broad SMARTS) is 1. The lowest BCUT2D eigenvalue weighted by molar-refractivity contribution is -0.139. The molecule has 1 saturated carbocycles. The number of pyridine rings is 1. The SMILES string of the molecule is C=C(C)C[C@H](NC(=O)c1cc2ccc(Oc3ccc(C(C)(C)C)cc3)cc2c(C2CCCCC2)n1)C(=O)O. The van der Waals surface area contributed by atoms with Crippen molar-refractivity contribution in [2.24, 2.45) is 0 Å². The van der Waals surface area contributed by atoms with E-state index in [0.717, 1.165) is 47.9 Å². The molecule has 1 aliphatic carbocycles. The third kappa shape index (κ3) is 6.60. The number of ether oxygens (including phenoxy) is 1. The highest BCUT2D eigenvalue weighted by molar-refractivity contribution is 5.99. The van der Waals surface area contributed by atoms with E-state index in [4.69, 9.17) is 9.72 Å². The zero-order valence-corrected chi connectivity index (χ0v) is 22.8. The molecule has 1 aliphatic rings. The Morgan fingerprint density at radius 1 is 1.05 bits per heavy atom. The van der Waals surface area contributed by atoms with Gasteiger partial charge in [-0.25, -0.2) is 9.78 Å².